The molecule has 3 aliphatic heterocycles. The molecular formula is C22H24ClF2N5O3. The van der Waals surface area contributed by atoms with E-state index in [4.69, 9.17) is 21.7 Å². The number of hydrogen-bond acceptors (Lipinski definition) is 7. The van der Waals surface area contributed by atoms with Gasteiger partial charge in [-0.05, 0) is 18.6 Å². The molecule has 1 aromatic carbocycles. The Kier molecular flexibility index (Phi) is 7.06. The van der Waals surface area contributed by atoms with Gasteiger partial charge in [-0.3, -0.25) is 9.69 Å². The number of allylic oxidation sites excluding steroid dienone is 1. The molecule has 176 valence electrons. The number of nitrogens with zero attached hydrogens (tertiary/aromatic N) is 3. The Morgan fingerprint density at radius 3 is 2.94 bits per heavy atom. The van der Waals surface area contributed by atoms with E-state index in [0.717, 1.165) is 6.07 Å². The molecule has 2 atom stereocenters. The number of rotatable bonds is 6. The summed E-state index contributed by atoms with van der Waals surface area (Å²) >= 11 is 5.85. The number of benzene rings is 1. The third-order valence-corrected chi connectivity index (χ3v) is 5.99. The maximum absolute atomic E-state index is 14.0. The first-order valence-corrected chi connectivity index (χ1v) is 10.9. The van der Waals surface area contributed by atoms with Crippen LogP contribution in [-0.2, 0) is 0 Å². The number of carbonyl (C=O) groups excluding carboxylic acids is 1. The van der Waals surface area contributed by atoms with Crippen LogP contribution in [0.2, 0.25) is 0 Å². The molecule has 0 spiro atoms. The van der Waals surface area contributed by atoms with E-state index in [2.05, 4.69) is 10.3 Å². The lowest BCUT2D eigenvalue weighted by atomic mass is 10.1. The van der Waals surface area contributed by atoms with Crippen molar-refractivity contribution >= 4 is 29.4 Å². The van der Waals surface area contributed by atoms with E-state index in [1.54, 1.807) is 11.1 Å². The number of alkyl halides is 1. The number of nitrogens with one attached hydrogen (secondary N) is 2. The van der Waals surface area contributed by atoms with Crippen molar-refractivity contribution in [2.75, 3.05) is 39.5 Å². The van der Waals surface area contributed by atoms with Crippen molar-refractivity contribution in [1.82, 2.24) is 15.1 Å². The minimum absolute atomic E-state index is 0.0674. The summed E-state index contributed by atoms with van der Waals surface area (Å²) in [4.78, 5) is 20.6. The van der Waals surface area contributed by atoms with Crippen LogP contribution in [0.3, 0.4) is 0 Å². The summed E-state index contributed by atoms with van der Waals surface area (Å²) in [6.07, 6.45) is 2.83. The number of aliphatic hydroxyl groups is 1. The molecule has 4 rings (SSSR count). The summed E-state index contributed by atoms with van der Waals surface area (Å²) in [5.74, 6) is -0.457. The van der Waals surface area contributed by atoms with Gasteiger partial charge in [0.25, 0.3) is 5.91 Å². The van der Waals surface area contributed by atoms with Crippen molar-refractivity contribution in [1.29, 1.82) is 5.41 Å². The standard InChI is InChI=1S/C22H24ClF2N5O3/c23-13-7-27-21(28-8-13)18-10-30(11-19(18)26)22(32)17-2-1-14(25)5-20(17)33-12-15-6-16(31)9-29(15)4-3-24/h1-2,5,7-8,15-16,26-27,31H,3-4,6,9-12H2/b21-18+,26-19?. The van der Waals surface area contributed by atoms with Crippen molar-refractivity contribution in [2.24, 2.45) is 4.99 Å². The highest BCUT2D eigenvalue weighted by molar-refractivity contribution is 6.39. The molecular weight excluding hydrogens is 456 g/mol. The largest absolute Gasteiger partial charge is 0.491 e. The van der Waals surface area contributed by atoms with Gasteiger partial charge in [-0.2, -0.15) is 0 Å². The van der Waals surface area contributed by atoms with Crippen LogP contribution in [0.25, 0.3) is 0 Å². The summed E-state index contributed by atoms with van der Waals surface area (Å²) < 4.78 is 32.6. The van der Waals surface area contributed by atoms with Gasteiger partial charge in [-0.1, -0.05) is 11.6 Å². The van der Waals surface area contributed by atoms with Crippen LogP contribution in [0.1, 0.15) is 16.8 Å². The predicted molar refractivity (Wildman–Crippen MR) is 120 cm³/mol. The third-order valence-electron chi connectivity index (χ3n) is 5.78. The number of halogens is 3. The van der Waals surface area contributed by atoms with Gasteiger partial charge in [0, 0.05) is 43.2 Å². The minimum atomic E-state index is -0.582. The second-order valence-corrected chi connectivity index (χ2v) is 8.51. The van der Waals surface area contributed by atoms with E-state index in [9.17, 15) is 18.7 Å². The maximum Gasteiger partial charge on any atom is 0.258 e. The molecule has 0 bridgehead atoms. The molecule has 0 saturated carbocycles. The van der Waals surface area contributed by atoms with E-state index in [1.165, 1.54) is 23.2 Å². The van der Waals surface area contributed by atoms with Gasteiger partial charge in [0.1, 0.15) is 30.7 Å². The number of hydrogen-bond donors (Lipinski definition) is 3. The highest BCUT2D eigenvalue weighted by atomic mass is 35.5. The lowest BCUT2D eigenvalue weighted by molar-refractivity contribution is 0.0797. The minimum Gasteiger partial charge on any atom is -0.491 e. The van der Waals surface area contributed by atoms with Crippen molar-refractivity contribution in [3.8, 4) is 5.75 Å². The smallest absolute Gasteiger partial charge is 0.258 e. The van der Waals surface area contributed by atoms with E-state index < -0.39 is 24.5 Å². The van der Waals surface area contributed by atoms with Crippen molar-refractivity contribution in [2.45, 2.75) is 18.6 Å². The molecule has 1 amide bonds. The first-order valence-electron chi connectivity index (χ1n) is 10.5. The molecule has 0 radical (unpaired) electrons. The zero-order valence-corrected chi connectivity index (χ0v) is 18.5. The van der Waals surface area contributed by atoms with Gasteiger partial charge < -0.3 is 25.5 Å². The van der Waals surface area contributed by atoms with Crippen molar-refractivity contribution in [3.63, 3.8) is 0 Å². The van der Waals surface area contributed by atoms with Gasteiger partial charge in [-0.25, -0.2) is 13.8 Å². The van der Waals surface area contributed by atoms with Crippen molar-refractivity contribution < 1.29 is 23.4 Å². The molecule has 0 aromatic heterocycles. The molecule has 0 aliphatic carbocycles. The Bertz CT molecular complexity index is 1040. The van der Waals surface area contributed by atoms with Gasteiger partial charge >= 0.3 is 0 Å². The van der Waals surface area contributed by atoms with Crippen LogP contribution in [0.5, 0.6) is 5.75 Å². The number of ether oxygens (including phenoxy) is 1. The quantitative estimate of drug-likeness (QED) is 0.579. The first kappa shape index (κ1) is 23.3. The van der Waals surface area contributed by atoms with Gasteiger partial charge in [0.2, 0.25) is 0 Å². The molecule has 8 nitrogen and oxygen atoms in total. The molecule has 33 heavy (non-hydrogen) atoms. The van der Waals surface area contributed by atoms with Crippen LogP contribution in [0, 0.1) is 11.2 Å². The normalized spacial score (nSPS) is 25.4. The lowest BCUT2D eigenvalue weighted by Crippen LogP contribution is -2.36. The Morgan fingerprint density at radius 2 is 2.21 bits per heavy atom. The number of aliphatic hydroxyl groups excluding tert-OH is 1. The lowest BCUT2D eigenvalue weighted by Gasteiger charge is -2.24. The summed E-state index contributed by atoms with van der Waals surface area (Å²) in [5, 5.41) is 21.5. The average Bonchev–Trinajstić information content (AvgIpc) is 3.34. The van der Waals surface area contributed by atoms with E-state index in [-0.39, 0.29) is 49.3 Å². The van der Waals surface area contributed by atoms with Gasteiger partial charge in [0.05, 0.1) is 35.5 Å². The monoisotopic (exact) mass is 479 g/mol. The highest BCUT2D eigenvalue weighted by Gasteiger charge is 2.33. The van der Waals surface area contributed by atoms with Crippen LogP contribution >= 0.6 is 11.6 Å². The van der Waals surface area contributed by atoms with E-state index >= 15 is 0 Å². The topological polar surface area (TPSA) is 101 Å². The molecule has 2 fully saturated rings. The average molecular weight is 480 g/mol. The van der Waals surface area contributed by atoms with E-state index in [1.807, 2.05) is 0 Å². The molecule has 2 unspecified atom stereocenters. The Balaban J connectivity index is 1.49. The number of amides is 1. The Labute approximate surface area is 194 Å². The molecule has 11 heteroatoms. The first-order chi connectivity index (χ1) is 15.9. The number of likely N-dealkylation sites (tertiary alicyclic amines) is 2. The fourth-order valence-corrected chi connectivity index (χ4v) is 4.26. The summed E-state index contributed by atoms with van der Waals surface area (Å²) in [7, 11) is 0. The second-order valence-electron chi connectivity index (χ2n) is 8.08. The maximum atomic E-state index is 14.0. The summed E-state index contributed by atoms with van der Waals surface area (Å²) in [5.41, 5.74) is 0.960. The van der Waals surface area contributed by atoms with Gasteiger partial charge in [-0.15, -0.1) is 0 Å². The van der Waals surface area contributed by atoms with E-state index in [0.29, 0.717) is 29.4 Å². The summed E-state index contributed by atoms with van der Waals surface area (Å²) in [6.45, 7) is 0.270. The number of aliphatic imine (C=N–C) groups is 1. The van der Waals surface area contributed by atoms with Crippen LogP contribution < -0.4 is 10.1 Å². The Hall–Kier alpha value is -2.82. The van der Waals surface area contributed by atoms with Crippen LogP contribution in [0.4, 0.5) is 8.78 Å². The van der Waals surface area contributed by atoms with Crippen LogP contribution in [-0.4, -0.2) is 84.3 Å². The zero-order valence-electron chi connectivity index (χ0n) is 17.7. The summed E-state index contributed by atoms with van der Waals surface area (Å²) in [6, 6.07) is 3.42. The van der Waals surface area contributed by atoms with Crippen molar-refractivity contribution in [3.05, 3.63) is 52.2 Å². The third kappa shape index (κ3) is 5.23. The second kappa shape index (κ2) is 9.98. The fraction of sp³-hybridized carbons (Fsp3) is 0.409. The molecule has 2 saturated heterocycles. The SMILES string of the molecule is N=C1CN(C(=O)c2ccc(F)cc2OCC2CC(O)CN2CCF)C/C1=C1\N=CC(Cl)=CN1. The molecule has 1 aromatic rings. The number of carbonyl (C=O) groups is 1. The Morgan fingerprint density at radius 1 is 1.39 bits per heavy atom. The number of β-amino-alcohol motifs (C(OH)–C–C–N with tert-alkyl or cyclic N) is 1. The highest BCUT2D eigenvalue weighted by Crippen LogP contribution is 2.27. The zero-order chi connectivity index (χ0) is 23.5. The fourth-order valence-electron chi connectivity index (χ4n) is 4.15. The van der Waals surface area contributed by atoms with Gasteiger partial charge in [0.15, 0.2) is 0 Å². The molecule has 3 N–H and O–H groups in total. The predicted octanol–water partition coefficient (Wildman–Crippen LogP) is 2.05. The molecule has 3 aliphatic rings. The molecule has 3 heterocycles. The van der Waals surface area contributed by atoms with Crippen LogP contribution in [0.15, 0.2) is 45.8 Å².